The SMILES string of the molecule is CC(C)(C)OC(=O)N1CCC(Oc2cc(F)ccc2N)CC1. The smallest absolute Gasteiger partial charge is 0.410 e. The third-order valence-electron chi connectivity index (χ3n) is 3.36. The molecule has 5 nitrogen and oxygen atoms in total. The van der Waals surface area contributed by atoms with Crippen molar-refractivity contribution in [1.29, 1.82) is 0 Å². The van der Waals surface area contributed by atoms with Crippen LogP contribution < -0.4 is 10.5 Å². The van der Waals surface area contributed by atoms with Gasteiger partial charge < -0.3 is 20.1 Å². The molecule has 122 valence electrons. The quantitative estimate of drug-likeness (QED) is 0.852. The number of halogens is 1. The van der Waals surface area contributed by atoms with Crippen LogP contribution in [0.4, 0.5) is 14.9 Å². The van der Waals surface area contributed by atoms with Crippen LogP contribution in [0.2, 0.25) is 0 Å². The molecule has 1 aliphatic heterocycles. The summed E-state index contributed by atoms with van der Waals surface area (Å²) in [6, 6.07) is 4.07. The normalized spacial score (nSPS) is 16.5. The number of likely N-dealkylation sites (tertiary alicyclic amines) is 1. The topological polar surface area (TPSA) is 64.8 Å². The Bertz CT molecular complexity index is 535. The minimum atomic E-state index is -0.500. The molecule has 1 fully saturated rings. The van der Waals surface area contributed by atoms with Gasteiger partial charge in [-0.05, 0) is 32.9 Å². The molecular weight excluding hydrogens is 287 g/mol. The van der Waals surface area contributed by atoms with E-state index in [0.717, 1.165) is 0 Å². The van der Waals surface area contributed by atoms with Crippen LogP contribution in [-0.2, 0) is 4.74 Å². The van der Waals surface area contributed by atoms with Crippen molar-refractivity contribution in [2.75, 3.05) is 18.8 Å². The second-order valence-corrected chi connectivity index (χ2v) is 6.47. The van der Waals surface area contributed by atoms with E-state index in [1.807, 2.05) is 20.8 Å². The zero-order valence-electron chi connectivity index (χ0n) is 13.3. The number of nitrogen functional groups attached to an aromatic ring is 1. The number of nitrogens with zero attached hydrogens (tertiary/aromatic N) is 1. The molecule has 2 N–H and O–H groups in total. The Hall–Kier alpha value is -1.98. The van der Waals surface area contributed by atoms with E-state index in [-0.39, 0.29) is 18.0 Å². The molecule has 0 atom stereocenters. The molecule has 1 aromatic carbocycles. The maximum atomic E-state index is 13.2. The highest BCUT2D eigenvalue weighted by Crippen LogP contribution is 2.26. The summed E-state index contributed by atoms with van der Waals surface area (Å²) in [5.74, 6) is -0.0221. The van der Waals surface area contributed by atoms with Gasteiger partial charge in [0, 0.05) is 32.0 Å². The zero-order chi connectivity index (χ0) is 16.3. The molecule has 2 rings (SSSR count). The molecule has 0 bridgehead atoms. The van der Waals surface area contributed by atoms with Gasteiger partial charge in [0.1, 0.15) is 23.3 Å². The summed E-state index contributed by atoms with van der Waals surface area (Å²) in [4.78, 5) is 13.6. The van der Waals surface area contributed by atoms with Gasteiger partial charge >= 0.3 is 6.09 Å². The lowest BCUT2D eigenvalue weighted by Gasteiger charge is -2.33. The van der Waals surface area contributed by atoms with Gasteiger partial charge in [-0.3, -0.25) is 0 Å². The van der Waals surface area contributed by atoms with E-state index in [1.54, 1.807) is 4.90 Å². The van der Waals surface area contributed by atoms with Crippen molar-refractivity contribution in [1.82, 2.24) is 4.90 Å². The first-order valence-electron chi connectivity index (χ1n) is 7.44. The van der Waals surface area contributed by atoms with E-state index >= 15 is 0 Å². The molecule has 1 amide bonds. The summed E-state index contributed by atoms with van der Waals surface area (Å²) < 4.78 is 24.3. The van der Waals surface area contributed by atoms with E-state index in [9.17, 15) is 9.18 Å². The molecule has 6 heteroatoms. The Balaban J connectivity index is 1.87. The number of hydrogen-bond acceptors (Lipinski definition) is 4. The summed E-state index contributed by atoms with van der Waals surface area (Å²) in [6.07, 6.45) is 0.934. The van der Waals surface area contributed by atoms with E-state index in [2.05, 4.69) is 0 Å². The molecule has 0 unspecified atom stereocenters. The average molecular weight is 310 g/mol. The predicted octanol–water partition coefficient (Wildman–Crippen LogP) is 3.19. The number of hydrogen-bond donors (Lipinski definition) is 1. The van der Waals surface area contributed by atoms with E-state index in [4.69, 9.17) is 15.2 Å². The van der Waals surface area contributed by atoms with Gasteiger partial charge in [0.05, 0.1) is 5.69 Å². The van der Waals surface area contributed by atoms with Gasteiger partial charge in [-0.15, -0.1) is 0 Å². The van der Waals surface area contributed by atoms with Gasteiger partial charge in [0.25, 0.3) is 0 Å². The fourth-order valence-electron chi connectivity index (χ4n) is 2.27. The van der Waals surface area contributed by atoms with Crippen molar-refractivity contribution < 1.29 is 18.7 Å². The number of rotatable bonds is 2. The van der Waals surface area contributed by atoms with Crippen molar-refractivity contribution in [2.45, 2.75) is 45.3 Å². The second-order valence-electron chi connectivity index (χ2n) is 6.47. The third kappa shape index (κ3) is 4.51. The highest BCUT2D eigenvalue weighted by atomic mass is 19.1. The molecule has 0 spiro atoms. The first kappa shape index (κ1) is 16.4. The average Bonchev–Trinajstić information content (AvgIpc) is 2.42. The minimum Gasteiger partial charge on any atom is -0.488 e. The van der Waals surface area contributed by atoms with Crippen molar-refractivity contribution in [2.24, 2.45) is 0 Å². The molecule has 1 aromatic rings. The summed E-state index contributed by atoms with van der Waals surface area (Å²) in [7, 11) is 0. The van der Waals surface area contributed by atoms with Crippen LogP contribution in [0.3, 0.4) is 0 Å². The highest BCUT2D eigenvalue weighted by molar-refractivity contribution is 5.68. The first-order valence-corrected chi connectivity index (χ1v) is 7.44. The van der Waals surface area contributed by atoms with E-state index in [1.165, 1.54) is 18.2 Å². The number of amides is 1. The lowest BCUT2D eigenvalue weighted by Crippen LogP contribution is -2.44. The standard InChI is InChI=1S/C16H23FN2O3/c1-16(2,3)22-15(20)19-8-6-12(7-9-19)21-14-10-11(17)4-5-13(14)18/h4-5,10,12H,6-9,18H2,1-3H3. The maximum Gasteiger partial charge on any atom is 0.410 e. The fourth-order valence-corrected chi connectivity index (χ4v) is 2.27. The Morgan fingerprint density at radius 3 is 2.55 bits per heavy atom. The Morgan fingerprint density at radius 2 is 1.95 bits per heavy atom. The fraction of sp³-hybridized carbons (Fsp3) is 0.562. The number of nitrogens with two attached hydrogens (primary N) is 1. The van der Waals surface area contributed by atoms with Crippen LogP contribution in [0, 0.1) is 5.82 Å². The molecular formula is C16H23FN2O3. The predicted molar refractivity (Wildman–Crippen MR) is 82.3 cm³/mol. The highest BCUT2D eigenvalue weighted by Gasteiger charge is 2.27. The molecule has 0 saturated carbocycles. The number of ether oxygens (including phenoxy) is 2. The third-order valence-corrected chi connectivity index (χ3v) is 3.36. The molecule has 1 heterocycles. The molecule has 0 aliphatic carbocycles. The van der Waals surface area contributed by atoms with Crippen LogP contribution in [0.5, 0.6) is 5.75 Å². The lowest BCUT2D eigenvalue weighted by molar-refractivity contribution is 0.0127. The molecule has 1 aliphatic rings. The van der Waals surface area contributed by atoms with Crippen molar-refractivity contribution in [3.05, 3.63) is 24.0 Å². The Kier molecular flexibility index (Phi) is 4.78. The van der Waals surface area contributed by atoms with E-state index in [0.29, 0.717) is 37.4 Å². The molecule has 1 saturated heterocycles. The maximum absolute atomic E-state index is 13.2. The zero-order valence-corrected chi connectivity index (χ0v) is 13.3. The number of piperidine rings is 1. The van der Waals surface area contributed by atoms with Crippen LogP contribution >= 0.6 is 0 Å². The summed E-state index contributed by atoms with van der Waals surface area (Å²) in [5, 5.41) is 0. The summed E-state index contributed by atoms with van der Waals surface area (Å²) >= 11 is 0. The van der Waals surface area contributed by atoms with Crippen LogP contribution in [0.15, 0.2) is 18.2 Å². The van der Waals surface area contributed by atoms with Crippen LogP contribution in [0.25, 0.3) is 0 Å². The van der Waals surface area contributed by atoms with Gasteiger partial charge in [0.2, 0.25) is 0 Å². The number of benzene rings is 1. The lowest BCUT2D eigenvalue weighted by atomic mass is 10.1. The van der Waals surface area contributed by atoms with Crippen molar-refractivity contribution >= 4 is 11.8 Å². The Morgan fingerprint density at radius 1 is 1.32 bits per heavy atom. The molecule has 0 aromatic heterocycles. The van der Waals surface area contributed by atoms with Crippen LogP contribution in [-0.4, -0.2) is 35.8 Å². The van der Waals surface area contributed by atoms with Gasteiger partial charge in [-0.1, -0.05) is 0 Å². The van der Waals surface area contributed by atoms with Crippen molar-refractivity contribution in [3.8, 4) is 5.75 Å². The summed E-state index contributed by atoms with van der Waals surface area (Å²) in [5.41, 5.74) is 5.69. The van der Waals surface area contributed by atoms with Gasteiger partial charge in [-0.2, -0.15) is 0 Å². The molecule has 22 heavy (non-hydrogen) atoms. The minimum absolute atomic E-state index is 0.0808. The second kappa shape index (κ2) is 6.42. The van der Waals surface area contributed by atoms with Crippen molar-refractivity contribution in [3.63, 3.8) is 0 Å². The number of carbonyl (C=O) groups is 1. The summed E-state index contributed by atoms with van der Waals surface area (Å²) in [6.45, 7) is 6.62. The Labute approximate surface area is 130 Å². The van der Waals surface area contributed by atoms with Gasteiger partial charge in [0.15, 0.2) is 0 Å². The number of carbonyl (C=O) groups excluding carboxylic acids is 1. The number of anilines is 1. The van der Waals surface area contributed by atoms with Crippen LogP contribution in [0.1, 0.15) is 33.6 Å². The monoisotopic (exact) mass is 310 g/mol. The molecule has 0 radical (unpaired) electrons. The largest absolute Gasteiger partial charge is 0.488 e. The first-order chi connectivity index (χ1) is 10.2. The van der Waals surface area contributed by atoms with Gasteiger partial charge in [-0.25, -0.2) is 9.18 Å². The van der Waals surface area contributed by atoms with E-state index < -0.39 is 5.60 Å².